The number of rotatable bonds is 5. The van der Waals surface area contributed by atoms with E-state index in [0.29, 0.717) is 6.92 Å². The molecule has 0 aliphatic carbocycles. The lowest BCUT2D eigenvalue weighted by atomic mass is 10.1. The summed E-state index contributed by atoms with van der Waals surface area (Å²) >= 11 is 0. The van der Waals surface area contributed by atoms with Crippen molar-refractivity contribution < 1.29 is 26.7 Å². The summed E-state index contributed by atoms with van der Waals surface area (Å²) in [6.07, 6.45) is -6.07. The summed E-state index contributed by atoms with van der Waals surface area (Å²) in [5, 5.41) is 0. The Morgan fingerprint density at radius 1 is 0.933 bits per heavy atom. The summed E-state index contributed by atoms with van der Waals surface area (Å²) in [7, 11) is 0. The minimum Gasteiger partial charge on any atom is -0.375 e. The molecule has 0 N–H and O–H groups in total. The van der Waals surface area contributed by atoms with E-state index >= 15 is 0 Å². The smallest absolute Gasteiger partial charge is 0.375 e. The molecular weight excluding hydrogens is 219 g/mol. The average molecular weight is 234 g/mol. The van der Waals surface area contributed by atoms with Crippen molar-refractivity contribution in [3.8, 4) is 0 Å². The number of ether oxygens (including phenoxy) is 1. The molecule has 0 fully saturated rings. The standard InChI is InChI=1S/C9H15F5O/c1-7(2,6-9(12,13)14)15-5-4-8(3,10)11/h4-6H2,1-3H3. The monoisotopic (exact) mass is 234 g/mol. The highest BCUT2D eigenvalue weighted by atomic mass is 19.4. The van der Waals surface area contributed by atoms with Gasteiger partial charge in [0.1, 0.15) is 0 Å². The fraction of sp³-hybridized carbons (Fsp3) is 1.00. The largest absolute Gasteiger partial charge is 0.391 e. The van der Waals surface area contributed by atoms with E-state index in [-0.39, 0.29) is 6.61 Å². The zero-order valence-electron chi connectivity index (χ0n) is 8.92. The highest BCUT2D eigenvalue weighted by Gasteiger charge is 2.37. The highest BCUT2D eigenvalue weighted by molar-refractivity contribution is 4.73. The van der Waals surface area contributed by atoms with Crippen LogP contribution < -0.4 is 0 Å². The Hall–Kier alpha value is -0.390. The molecule has 0 bridgehead atoms. The molecule has 0 aliphatic heterocycles. The van der Waals surface area contributed by atoms with Crippen LogP contribution in [-0.4, -0.2) is 24.3 Å². The van der Waals surface area contributed by atoms with Crippen LogP contribution in [0.1, 0.15) is 33.6 Å². The van der Waals surface area contributed by atoms with Crippen LogP contribution in [0.15, 0.2) is 0 Å². The van der Waals surface area contributed by atoms with Gasteiger partial charge in [-0.3, -0.25) is 0 Å². The van der Waals surface area contributed by atoms with Gasteiger partial charge in [-0.05, 0) is 20.8 Å². The maximum atomic E-state index is 12.3. The third kappa shape index (κ3) is 9.90. The first kappa shape index (κ1) is 14.6. The summed E-state index contributed by atoms with van der Waals surface area (Å²) < 4.78 is 65.4. The van der Waals surface area contributed by atoms with Gasteiger partial charge in [0.25, 0.3) is 0 Å². The number of halogens is 5. The van der Waals surface area contributed by atoms with Crippen LogP contribution in [0.2, 0.25) is 0 Å². The van der Waals surface area contributed by atoms with Crippen LogP contribution in [-0.2, 0) is 4.74 Å². The normalized spacial score (nSPS) is 14.4. The zero-order chi connectivity index (χ0) is 12.3. The van der Waals surface area contributed by atoms with E-state index in [1.165, 1.54) is 13.8 Å². The number of alkyl halides is 5. The molecule has 0 aliphatic rings. The molecule has 0 heterocycles. The maximum Gasteiger partial charge on any atom is 0.391 e. The van der Waals surface area contributed by atoms with Gasteiger partial charge >= 0.3 is 6.18 Å². The summed E-state index contributed by atoms with van der Waals surface area (Å²) in [5.41, 5.74) is -1.45. The van der Waals surface area contributed by atoms with E-state index in [1.807, 2.05) is 0 Å². The van der Waals surface area contributed by atoms with E-state index in [1.54, 1.807) is 0 Å². The third-order valence-electron chi connectivity index (χ3n) is 1.66. The highest BCUT2D eigenvalue weighted by Crippen LogP contribution is 2.30. The van der Waals surface area contributed by atoms with Crippen LogP contribution in [0, 0.1) is 0 Å². The fourth-order valence-corrected chi connectivity index (χ4v) is 1.04. The molecule has 1 nitrogen and oxygen atoms in total. The van der Waals surface area contributed by atoms with Crippen LogP contribution in [0.25, 0.3) is 0 Å². The maximum absolute atomic E-state index is 12.3. The Bertz CT molecular complexity index is 192. The van der Waals surface area contributed by atoms with Gasteiger partial charge in [0, 0.05) is 6.42 Å². The van der Waals surface area contributed by atoms with Crippen molar-refractivity contribution in [3.63, 3.8) is 0 Å². The Balaban J connectivity index is 3.95. The molecule has 0 atom stereocenters. The first-order valence-electron chi connectivity index (χ1n) is 4.50. The van der Waals surface area contributed by atoms with Crippen molar-refractivity contribution in [2.24, 2.45) is 0 Å². The second kappa shape index (κ2) is 4.63. The first-order valence-corrected chi connectivity index (χ1v) is 4.50. The number of hydrogen-bond acceptors (Lipinski definition) is 1. The molecule has 0 unspecified atom stereocenters. The van der Waals surface area contributed by atoms with Crippen LogP contribution >= 0.6 is 0 Å². The minimum absolute atomic E-state index is 0.382. The van der Waals surface area contributed by atoms with Crippen molar-refractivity contribution in [2.45, 2.75) is 51.3 Å². The van der Waals surface area contributed by atoms with Gasteiger partial charge in [-0.1, -0.05) is 0 Å². The van der Waals surface area contributed by atoms with E-state index in [2.05, 4.69) is 0 Å². The summed E-state index contributed by atoms with van der Waals surface area (Å²) in [5.74, 6) is -2.91. The second-order valence-corrected chi connectivity index (χ2v) is 4.22. The molecule has 0 rings (SSSR count). The van der Waals surface area contributed by atoms with Gasteiger partial charge in [-0.2, -0.15) is 13.2 Å². The van der Waals surface area contributed by atoms with E-state index in [0.717, 1.165) is 0 Å². The van der Waals surface area contributed by atoms with Gasteiger partial charge in [0.05, 0.1) is 18.6 Å². The molecule has 0 amide bonds. The number of hydrogen-bond donors (Lipinski definition) is 0. The van der Waals surface area contributed by atoms with Crippen LogP contribution in [0.3, 0.4) is 0 Å². The van der Waals surface area contributed by atoms with E-state index in [4.69, 9.17) is 4.74 Å². The van der Waals surface area contributed by atoms with Gasteiger partial charge in [-0.15, -0.1) is 0 Å². The van der Waals surface area contributed by atoms with Crippen molar-refractivity contribution in [3.05, 3.63) is 0 Å². The minimum atomic E-state index is -4.35. The summed E-state index contributed by atoms with van der Waals surface area (Å²) in [6, 6.07) is 0. The summed E-state index contributed by atoms with van der Waals surface area (Å²) in [4.78, 5) is 0. The van der Waals surface area contributed by atoms with Crippen molar-refractivity contribution >= 4 is 0 Å². The zero-order valence-corrected chi connectivity index (χ0v) is 8.92. The summed E-state index contributed by atoms with van der Waals surface area (Å²) in [6.45, 7) is 2.78. The fourth-order valence-electron chi connectivity index (χ4n) is 1.04. The van der Waals surface area contributed by atoms with E-state index in [9.17, 15) is 22.0 Å². The Morgan fingerprint density at radius 2 is 1.40 bits per heavy atom. The van der Waals surface area contributed by atoms with Crippen molar-refractivity contribution in [1.29, 1.82) is 0 Å². The molecule has 0 saturated heterocycles. The SMILES string of the molecule is CC(F)(F)CCOC(C)(C)CC(F)(F)F. The molecule has 0 spiro atoms. The average Bonchev–Trinajstić information content (AvgIpc) is 1.75. The van der Waals surface area contributed by atoms with Crippen LogP contribution in [0.4, 0.5) is 22.0 Å². The Labute approximate surface area is 85.6 Å². The molecule has 0 radical (unpaired) electrons. The Kier molecular flexibility index (Phi) is 4.51. The lowest BCUT2D eigenvalue weighted by Crippen LogP contribution is -2.32. The predicted octanol–water partition coefficient (Wildman–Crippen LogP) is 3.78. The molecule has 92 valence electrons. The van der Waals surface area contributed by atoms with Gasteiger partial charge in [0.15, 0.2) is 0 Å². The Morgan fingerprint density at radius 3 is 1.73 bits per heavy atom. The quantitative estimate of drug-likeness (QED) is 0.658. The molecule has 0 aromatic carbocycles. The molecule has 6 heteroatoms. The van der Waals surface area contributed by atoms with Gasteiger partial charge < -0.3 is 4.74 Å². The second-order valence-electron chi connectivity index (χ2n) is 4.22. The van der Waals surface area contributed by atoms with Crippen molar-refractivity contribution in [2.75, 3.05) is 6.61 Å². The third-order valence-corrected chi connectivity index (χ3v) is 1.66. The molecular formula is C9H15F5O. The van der Waals surface area contributed by atoms with E-state index < -0.39 is 30.5 Å². The van der Waals surface area contributed by atoms with Crippen molar-refractivity contribution in [1.82, 2.24) is 0 Å². The molecule has 0 aromatic heterocycles. The van der Waals surface area contributed by atoms with Gasteiger partial charge in [-0.25, -0.2) is 8.78 Å². The van der Waals surface area contributed by atoms with Crippen LogP contribution in [0.5, 0.6) is 0 Å². The first-order chi connectivity index (χ1) is 6.41. The lowest BCUT2D eigenvalue weighted by Gasteiger charge is -2.27. The molecule has 15 heavy (non-hydrogen) atoms. The predicted molar refractivity (Wildman–Crippen MR) is 45.9 cm³/mol. The molecule has 0 aromatic rings. The topological polar surface area (TPSA) is 9.23 Å². The lowest BCUT2D eigenvalue weighted by molar-refractivity contribution is -0.183. The van der Waals surface area contributed by atoms with Gasteiger partial charge in [0.2, 0.25) is 5.92 Å². The molecule has 0 saturated carbocycles.